The lowest BCUT2D eigenvalue weighted by Crippen LogP contribution is -2.28. The van der Waals surface area contributed by atoms with E-state index in [0.717, 1.165) is 11.8 Å². The molecule has 0 saturated heterocycles. The summed E-state index contributed by atoms with van der Waals surface area (Å²) < 4.78 is 0. The van der Waals surface area contributed by atoms with Gasteiger partial charge in [-0.1, -0.05) is 17.7 Å². The Balaban J connectivity index is 1.81. The first kappa shape index (κ1) is 12.3. The smallest absolute Gasteiger partial charge is 0.0494 e. The van der Waals surface area contributed by atoms with Crippen LogP contribution in [0.1, 0.15) is 36.8 Å². The molecule has 0 N–H and O–H groups in total. The van der Waals surface area contributed by atoms with Gasteiger partial charge < -0.3 is 4.90 Å². The van der Waals surface area contributed by atoms with Crippen molar-refractivity contribution in [3.05, 3.63) is 29.3 Å². The molecule has 1 aromatic rings. The summed E-state index contributed by atoms with van der Waals surface area (Å²) in [5.74, 6) is 2.50. The number of alkyl halides is 1. The molecule has 2 heteroatoms. The maximum absolute atomic E-state index is 6.13. The topological polar surface area (TPSA) is 3.24 Å². The van der Waals surface area contributed by atoms with Gasteiger partial charge in [-0.25, -0.2) is 0 Å². The highest BCUT2D eigenvalue weighted by Crippen LogP contribution is 2.37. The molecule has 1 aromatic carbocycles. The summed E-state index contributed by atoms with van der Waals surface area (Å²) in [4.78, 5) is 2.60. The van der Waals surface area contributed by atoms with Crippen molar-refractivity contribution in [3.63, 3.8) is 0 Å². The summed E-state index contributed by atoms with van der Waals surface area (Å²) >= 11 is 6.13. The molecule has 98 valence electrons. The van der Waals surface area contributed by atoms with Crippen LogP contribution < -0.4 is 4.90 Å². The van der Waals surface area contributed by atoms with Gasteiger partial charge in [0, 0.05) is 24.7 Å². The maximum atomic E-state index is 6.13. The number of rotatable bonds is 6. The third kappa shape index (κ3) is 3.00. The number of nitrogens with zero attached hydrogens (tertiary/aromatic N) is 1. The summed E-state index contributed by atoms with van der Waals surface area (Å²) in [6, 6.07) is 6.74. The molecular weight excluding hydrogens is 242 g/mol. The quantitative estimate of drug-likeness (QED) is 0.690. The SMILES string of the molecule is Cc1ccc(N(CC2CC2)CC2CC2)c(CCl)c1. The van der Waals surface area contributed by atoms with Crippen molar-refractivity contribution in [1.82, 2.24) is 0 Å². The number of hydrogen-bond donors (Lipinski definition) is 0. The molecule has 0 unspecified atom stereocenters. The number of halogens is 1. The molecule has 2 saturated carbocycles. The highest BCUT2D eigenvalue weighted by atomic mass is 35.5. The zero-order valence-corrected chi connectivity index (χ0v) is 11.9. The van der Waals surface area contributed by atoms with Crippen molar-refractivity contribution in [3.8, 4) is 0 Å². The van der Waals surface area contributed by atoms with Crippen LogP contribution in [0.25, 0.3) is 0 Å². The standard InChI is InChI=1S/C16H22ClN/c1-12-2-7-16(15(8-12)9-17)18(10-13-3-4-13)11-14-5-6-14/h2,7-8,13-14H,3-6,9-11H2,1H3. The van der Waals surface area contributed by atoms with Gasteiger partial charge in [-0.05, 0) is 56.1 Å². The molecule has 0 radical (unpaired) electrons. The van der Waals surface area contributed by atoms with Gasteiger partial charge in [0.05, 0.1) is 0 Å². The molecule has 2 fully saturated rings. The van der Waals surface area contributed by atoms with Crippen molar-refractivity contribution in [2.24, 2.45) is 11.8 Å². The van der Waals surface area contributed by atoms with E-state index in [9.17, 15) is 0 Å². The molecule has 18 heavy (non-hydrogen) atoms. The summed E-state index contributed by atoms with van der Waals surface area (Å²) in [5, 5.41) is 0. The van der Waals surface area contributed by atoms with Crippen LogP contribution in [-0.2, 0) is 5.88 Å². The van der Waals surface area contributed by atoms with E-state index >= 15 is 0 Å². The van der Waals surface area contributed by atoms with Crippen LogP contribution >= 0.6 is 11.6 Å². The molecule has 3 rings (SSSR count). The van der Waals surface area contributed by atoms with Gasteiger partial charge in [-0.3, -0.25) is 0 Å². The minimum Gasteiger partial charge on any atom is -0.371 e. The minimum atomic E-state index is 0.628. The molecule has 0 amide bonds. The molecular formula is C16H22ClN. The molecule has 0 aromatic heterocycles. The monoisotopic (exact) mass is 263 g/mol. The van der Waals surface area contributed by atoms with Crippen LogP contribution in [0.4, 0.5) is 5.69 Å². The van der Waals surface area contributed by atoms with E-state index in [4.69, 9.17) is 11.6 Å². The third-order valence-corrected chi connectivity index (χ3v) is 4.36. The van der Waals surface area contributed by atoms with Crippen LogP contribution in [0, 0.1) is 18.8 Å². The van der Waals surface area contributed by atoms with Crippen LogP contribution in [0.5, 0.6) is 0 Å². The van der Waals surface area contributed by atoms with E-state index in [1.54, 1.807) is 0 Å². The Bertz CT molecular complexity index is 407. The van der Waals surface area contributed by atoms with E-state index in [2.05, 4.69) is 30.0 Å². The Morgan fingerprint density at radius 1 is 1.11 bits per heavy atom. The summed E-state index contributed by atoms with van der Waals surface area (Å²) in [7, 11) is 0. The van der Waals surface area contributed by atoms with E-state index in [0.29, 0.717) is 5.88 Å². The molecule has 0 bridgehead atoms. The van der Waals surface area contributed by atoms with Crippen molar-refractivity contribution < 1.29 is 0 Å². The van der Waals surface area contributed by atoms with Crippen molar-refractivity contribution >= 4 is 17.3 Å². The Morgan fingerprint density at radius 2 is 1.72 bits per heavy atom. The summed E-state index contributed by atoms with van der Waals surface area (Å²) in [6.45, 7) is 4.62. The fourth-order valence-corrected chi connectivity index (χ4v) is 2.84. The van der Waals surface area contributed by atoms with Gasteiger partial charge in [0.15, 0.2) is 0 Å². The van der Waals surface area contributed by atoms with Gasteiger partial charge in [0.1, 0.15) is 0 Å². The van der Waals surface area contributed by atoms with Crippen LogP contribution in [0.2, 0.25) is 0 Å². The third-order valence-electron chi connectivity index (χ3n) is 4.07. The molecule has 0 spiro atoms. The lowest BCUT2D eigenvalue weighted by Gasteiger charge is -2.27. The normalized spacial score (nSPS) is 19.0. The highest BCUT2D eigenvalue weighted by Gasteiger charge is 2.30. The van der Waals surface area contributed by atoms with Crippen LogP contribution in [0.3, 0.4) is 0 Å². The Morgan fingerprint density at radius 3 is 2.22 bits per heavy atom. The minimum absolute atomic E-state index is 0.628. The zero-order valence-electron chi connectivity index (χ0n) is 11.2. The number of hydrogen-bond acceptors (Lipinski definition) is 1. The molecule has 0 heterocycles. The van der Waals surface area contributed by atoms with Gasteiger partial charge in [-0.2, -0.15) is 0 Å². The first-order valence-corrected chi connectivity index (χ1v) is 7.70. The van der Waals surface area contributed by atoms with E-state index in [-0.39, 0.29) is 0 Å². The largest absolute Gasteiger partial charge is 0.371 e. The second-order valence-electron chi connectivity index (χ2n) is 6.06. The Kier molecular flexibility index (Phi) is 3.52. The average Bonchev–Trinajstić information content (AvgIpc) is 3.23. The Hall–Kier alpha value is -0.690. The molecule has 0 aliphatic heterocycles. The second-order valence-corrected chi connectivity index (χ2v) is 6.32. The lowest BCUT2D eigenvalue weighted by atomic mass is 10.1. The first-order chi connectivity index (χ1) is 8.76. The van der Waals surface area contributed by atoms with E-state index in [1.165, 1.54) is 55.6 Å². The summed E-state index contributed by atoms with van der Waals surface area (Å²) in [5.41, 5.74) is 4.00. The predicted molar refractivity (Wildman–Crippen MR) is 78.4 cm³/mol. The fraction of sp³-hybridized carbons (Fsp3) is 0.625. The van der Waals surface area contributed by atoms with Gasteiger partial charge >= 0.3 is 0 Å². The van der Waals surface area contributed by atoms with Crippen LogP contribution in [0.15, 0.2) is 18.2 Å². The average molecular weight is 264 g/mol. The number of anilines is 1. The van der Waals surface area contributed by atoms with Gasteiger partial charge in [0.2, 0.25) is 0 Å². The second kappa shape index (κ2) is 5.13. The molecule has 2 aliphatic rings. The van der Waals surface area contributed by atoms with Gasteiger partial charge in [0.25, 0.3) is 0 Å². The van der Waals surface area contributed by atoms with Crippen molar-refractivity contribution in [2.45, 2.75) is 38.5 Å². The number of aryl methyl sites for hydroxylation is 1. The zero-order chi connectivity index (χ0) is 12.5. The highest BCUT2D eigenvalue weighted by molar-refractivity contribution is 6.17. The van der Waals surface area contributed by atoms with Crippen molar-refractivity contribution in [2.75, 3.05) is 18.0 Å². The molecule has 0 atom stereocenters. The predicted octanol–water partition coefficient (Wildman–Crippen LogP) is 4.36. The number of benzene rings is 1. The van der Waals surface area contributed by atoms with Crippen molar-refractivity contribution in [1.29, 1.82) is 0 Å². The summed E-state index contributed by atoms with van der Waals surface area (Å²) in [6.07, 6.45) is 5.68. The molecule has 1 nitrogen and oxygen atoms in total. The van der Waals surface area contributed by atoms with E-state index < -0.39 is 0 Å². The fourth-order valence-electron chi connectivity index (χ4n) is 2.63. The van der Waals surface area contributed by atoms with Crippen LogP contribution in [-0.4, -0.2) is 13.1 Å². The van der Waals surface area contributed by atoms with E-state index in [1.807, 2.05) is 0 Å². The maximum Gasteiger partial charge on any atom is 0.0494 e. The lowest BCUT2D eigenvalue weighted by molar-refractivity contribution is 0.677. The van der Waals surface area contributed by atoms with Gasteiger partial charge in [-0.15, -0.1) is 11.6 Å². The molecule has 2 aliphatic carbocycles. The first-order valence-electron chi connectivity index (χ1n) is 7.16. The Labute approximate surface area is 115 Å².